The van der Waals surface area contributed by atoms with Crippen LogP contribution in [0.3, 0.4) is 0 Å². The highest BCUT2D eigenvalue weighted by molar-refractivity contribution is 7.91. The molecule has 0 aliphatic rings. The standard InChI is InChI=1S/C19H20N2O4S2/c1-2-12-27(23,24)16-7-5-14(6-8-16)18-13-17(21-25-18)19(22)20-10-9-15-4-3-11-26-15/h3-8,11,13H,2,9-10,12H2,1H3,(H,20,22). The van der Waals surface area contributed by atoms with Crippen molar-refractivity contribution in [1.82, 2.24) is 10.5 Å². The number of aromatic nitrogens is 1. The van der Waals surface area contributed by atoms with Gasteiger partial charge in [0.2, 0.25) is 0 Å². The number of benzene rings is 1. The summed E-state index contributed by atoms with van der Waals surface area (Å²) in [7, 11) is -3.26. The van der Waals surface area contributed by atoms with Gasteiger partial charge >= 0.3 is 0 Å². The van der Waals surface area contributed by atoms with E-state index in [1.54, 1.807) is 41.7 Å². The molecule has 0 saturated heterocycles. The van der Waals surface area contributed by atoms with Crippen molar-refractivity contribution in [3.63, 3.8) is 0 Å². The molecule has 2 heterocycles. The molecule has 1 amide bonds. The Morgan fingerprint density at radius 1 is 1.22 bits per heavy atom. The van der Waals surface area contributed by atoms with Gasteiger partial charge in [0.25, 0.3) is 5.91 Å². The Kier molecular flexibility index (Phi) is 6.08. The number of hydrogen-bond donors (Lipinski definition) is 1. The highest BCUT2D eigenvalue weighted by Gasteiger charge is 2.16. The van der Waals surface area contributed by atoms with Crippen LogP contribution in [-0.4, -0.2) is 31.8 Å². The number of rotatable bonds is 8. The molecule has 0 fully saturated rings. The van der Waals surface area contributed by atoms with E-state index in [0.29, 0.717) is 24.3 Å². The van der Waals surface area contributed by atoms with Gasteiger partial charge in [-0.25, -0.2) is 8.42 Å². The van der Waals surface area contributed by atoms with Crippen LogP contribution in [0.15, 0.2) is 57.3 Å². The average molecular weight is 405 g/mol. The van der Waals surface area contributed by atoms with Crippen LogP contribution in [0.5, 0.6) is 0 Å². The molecule has 0 aliphatic heterocycles. The van der Waals surface area contributed by atoms with Gasteiger partial charge in [-0.3, -0.25) is 4.79 Å². The molecule has 0 saturated carbocycles. The summed E-state index contributed by atoms with van der Waals surface area (Å²) in [6.45, 7) is 2.35. The Balaban J connectivity index is 1.63. The van der Waals surface area contributed by atoms with Gasteiger partial charge in [-0.15, -0.1) is 11.3 Å². The van der Waals surface area contributed by atoms with E-state index in [4.69, 9.17) is 4.52 Å². The monoisotopic (exact) mass is 404 g/mol. The SMILES string of the molecule is CCCS(=O)(=O)c1ccc(-c2cc(C(=O)NCCc3cccs3)no2)cc1. The third-order valence-corrected chi connectivity index (χ3v) is 6.82. The van der Waals surface area contributed by atoms with Crippen molar-refractivity contribution in [1.29, 1.82) is 0 Å². The number of thiophene rings is 1. The first-order valence-corrected chi connectivity index (χ1v) is 11.1. The molecule has 0 unspecified atom stereocenters. The van der Waals surface area contributed by atoms with Crippen LogP contribution in [0.2, 0.25) is 0 Å². The van der Waals surface area contributed by atoms with Crippen LogP contribution < -0.4 is 5.32 Å². The van der Waals surface area contributed by atoms with Crippen molar-refractivity contribution in [3.8, 4) is 11.3 Å². The minimum Gasteiger partial charge on any atom is -0.355 e. The number of carbonyl (C=O) groups is 1. The van der Waals surface area contributed by atoms with E-state index >= 15 is 0 Å². The molecule has 2 aromatic heterocycles. The molecule has 27 heavy (non-hydrogen) atoms. The predicted molar refractivity (Wildman–Crippen MR) is 105 cm³/mol. The highest BCUT2D eigenvalue weighted by Crippen LogP contribution is 2.23. The van der Waals surface area contributed by atoms with Gasteiger partial charge in [0.15, 0.2) is 21.3 Å². The molecule has 0 spiro atoms. The second-order valence-electron chi connectivity index (χ2n) is 6.00. The van der Waals surface area contributed by atoms with Crippen LogP contribution in [-0.2, 0) is 16.3 Å². The van der Waals surface area contributed by atoms with Crippen LogP contribution in [0.4, 0.5) is 0 Å². The number of carbonyl (C=O) groups excluding carboxylic acids is 1. The molecule has 0 radical (unpaired) electrons. The summed E-state index contributed by atoms with van der Waals surface area (Å²) < 4.78 is 29.4. The van der Waals surface area contributed by atoms with Crippen molar-refractivity contribution in [2.75, 3.05) is 12.3 Å². The van der Waals surface area contributed by atoms with E-state index in [-0.39, 0.29) is 22.2 Å². The third kappa shape index (κ3) is 4.84. The van der Waals surface area contributed by atoms with Gasteiger partial charge in [-0.2, -0.15) is 0 Å². The molecule has 1 aromatic carbocycles. The minimum atomic E-state index is -3.26. The Morgan fingerprint density at radius 2 is 2.00 bits per heavy atom. The minimum absolute atomic E-state index is 0.116. The summed E-state index contributed by atoms with van der Waals surface area (Å²) in [5, 5.41) is 8.62. The summed E-state index contributed by atoms with van der Waals surface area (Å²) in [4.78, 5) is 13.6. The highest BCUT2D eigenvalue weighted by atomic mass is 32.2. The second kappa shape index (κ2) is 8.49. The summed E-state index contributed by atoms with van der Waals surface area (Å²) in [6.07, 6.45) is 1.33. The normalized spacial score (nSPS) is 11.4. The first-order chi connectivity index (χ1) is 13.0. The second-order valence-corrected chi connectivity index (χ2v) is 9.15. The maximum atomic E-state index is 12.2. The molecule has 0 bridgehead atoms. The van der Waals surface area contributed by atoms with E-state index in [2.05, 4.69) is 10.5 Å². The van der Waals surface area contributed by atoms with Gasteiger partial charge < -0.3 is 9.84 Å². The van der Waals surface area contributed by atoms with E-state index in [0.717, 1.165) is 6.42 Å². The van der Waals surface area contributed by atoms with Crippen LogP contribution in [0, 0.1) is 0 Å². The van der Waals surface area contributed by atoms with Gasteiger partial charge in [0, 0.05) is 23.1 Å². The summed E-state index contributed by atoms with van der Waals surface area (Å²) >= 11 is 1.65. The maximum absolute atomic E-state index is 12.2. The number of hydrogen-bond acceptors (Lipinski definition) is 6. The molecule has 1 N–H and O–H groups in total. The first kappa shape index (κ1) is 19.3. The average Bonchev–Trinajstić information content (AvgIpc) is 3.34. The van der Waals surface area contributed by atoms with E-state index < -0.39 is 9.84 Å². The van der Waals surface area contributed by atoms with E-state index in [1.165, 1.54) is 4.88 Å². The maximum Gasteiger partial charge on any atom is 0.273 e. The lowest BCUT2D eigenvalue weighted by molar-refractivity contribution is 0.0945. The zero-order valence-corrected chi connectivity index (χ0v) is 16.5. The van der Waals surface area contributed by atoms with Gasteiger partial charge in [-0.05, 0) is 48.6 Å². The zero-order chi connectivity index (χ0) is 19.3. The molecule has 3 aromatic rings. The van der Waals surface area contributed by atoms with Crippen LogP contribution in [0.1, 0.15) is 28.7 Å². The molecule has 0 aliphatic carbocycles. The van der Waals surface area contributed by atoms with Crippen molar-refractivity contribution < 1.29 is 17.7 Å². The van der Waals surface area contributed by atoms with Crippen molar-refractivity contribution in [2.24, 2.45) is 0 Å². The number of nitrogens with one attached hydrogen (secondary N) is 1. The smallest absolute Gasteiger partial charge is 0.273 e. The summed E-state index contributed by atoms with van der Waals surface area (Å²) in [6, 6.07) is 12.0. The fourth-order valence-electron chi connectivity index (χ4n) is 2.58. The summed E-state index contributed by atoms with van der Waals surface area (Å²) in [5.74, 6) is 0.228. The lowest BCUT2D eigenvalue weighted by atomic mass is 10.1. The molecule has 142 valence electrons. The van der Waals surface area contributed by atoms with E-state index in [1.807, 2.05) is 24.4 Å². The summed E-state index contributed by atoms with van der Waals surface area (Å²) in [5.41, 5.74) is 0.856. The van der Waals surface area contributed by atoms with E-state index in [9.17, 15) is 13.2 Å². The molecular weight excluding hydrogens is 384 g/mol. The number of nitrogens with zero attached hydrogens (tertiary/aromatic N) is 1. The molecule has 3 rings (SSSR count). The quantitative estimate of drug-likeness (QED) is 0.620. The van der Waals surface area contributed by atoms with Crippen LogP contribution in [0.25, 0.3) is 11.3 Å². The fourth-order valence-corrected chi connectivity index (χ4v) is 4.61. The molecule has 8 heteroatoms. The molecule has 6 nitrogen and oxygen atoms in total. The Hall–Kier alpha value is -2.45. The molecular formula is C19H20N2O4S2. The van der Waals surface area contributed by atoms with Gasteiger partial charge in [-0.1, -0.05) is 18.1 Å². The lowest BCUT2D eigenvalue weighted by Gasteiger charge is -2.03. The molecule has 0 atom stereocenters. The largest absolute Gasteiger partial charge is 0.355 e. The first-order valence-electron chi connectivity index (χ1n) is 8.60. The van der Waals surface area contributed by atoms with Crippen molar-refractivity contribution in [2.45, 2.75) is 24.7 Å². The Labute approximate surface area is 162 Å². The topological polar surface area (TPSA) is 89.3 Å². The van der Waals surface area contributed by atoms with Gasteiger partial charge in [0.1, 0.15) is 0 Å². The Morgan fingerprint density at radius 3 is 2.67 bits per heavy atom. The number of amides is 1. The van der Waals surface area contributed by atoms with Crippen LogP contribution >= 0.6 is 11.3 Å². The lowest BCUT2D eigenvalue weighted by Crippen LogP contribution is -2.25. The third-order valence-electron chi connectivity index (χ3n) is 3.95. The number of sulfone groups is 1. The Bertz CT molecular complexity index is 991. The van der Waals surface area contributed by atoms with Crippen molar-refractivity contribution >= 4 is 27.1 Å². The van der Waals surface area contributed by atoms with Crippen molar-refractivity contribution in [3.05, 3.63) is 58.4 Å². The zero-order valence-electron chi connectivity index (χ0n) is 14.8. The predicted octanol–water partition coefficient (Wildman–Crippen LogP) is 3.56. The fraction of sp³-hybridized carbons (Fsp3) is 0.263. The van der Waals surface area contributed by atoms with Gasteiger partial charge in [0.05, 0.1) is 10.6 Å².